The summed E-state index contributed by atoms with van der Waals surface area (Å²) in [5, 5.41) is 0. The van der Waals surface area contributed by atoms with Crippen molar-refractivity contribution in [3.05, 3.63) is 0 Å². The number of thiol groups is 1. The Morgan fingerprint density at radius 3 is 1.60 bits per heavy atom. The van der Waals surface area contributed by atoms with E-state index in [1.165, 1.54) is 12.8 Å². The molecule has 0 fully saturated rings. The van der Waals surface area contributed by atoms with E-state index < -0.39 is 0 Å². The predicted octanol–water partition coefficient (Wildman–Crippen LogP) is 3.39. The van der Waals surface area contributed by atoms with Crippen molar-refractivity contribution >= 4 is 29.9 Å². The van der Waals surface area contributed by atoms with Gasteiger partial charge in [0.05, 0.1) is 0 Å². The minimum Gasteiger partial charge on any atom is -0.158 e. The van der Waals surface area contributed by atoms with Crippen LogP contribution in [-0.2, 0) is 0 Å². The van der Waals surface area contributed by atoms with Crippen molar-refractivity contribution < 1.29 is 0 Å². The highest BCUT2D eigenvalue weighted by molar-refractivity contribution is 8.31. The molecule has 0 spiro atoms. The van der Waals surface area contributed by atoms with Crippen LogP contribution in [0.15, 0.2) is 0 Å². The molecule has 0 heterocycles. The highest BCUT2D eigenvalue weighted by atomic mass is 32.7. The normalized spacial score (nSPS) is 12.3. The molecule has 3 heteroatoms. The van der Waals surface area contributed by atoms with Gasteiger partial charge in [0.1, 0.15) is 0 Å². The van der Waals surface area contributed by atoms with Gasteiger partial charge in [-0.3, -0.25) is 0 Å². The SMILES string of the molecule is CC(C)CCC(C)P.PS. The topological polar surface area (TPSA) is 0 Å². The summed E-state index contributed by atoms with van der Waals surface area (Å²) in [4.78, 5) is 0. The van der Waals surface area contributed by atoms with E-state index in [4.69, 9.17) is 0 Å². The van der Waals surface area contributed by atoms with Crippen LogP contribution in [0.25, 0.3) is 0 Å². The van der Waals surface area contributed by atoms with Crippen molar-refractivity contribution in [2.75, 3.05) is 0 Å². The first kappa shape index (κ1) is 13.8. The highest BCUT2D eigenvalue weighted by Gasteiger charge is 1.95. The van der Waals surface area contributed by atoms with E-state index in [1.54, 1.807) is 0 Å². The summed E-state index contributed by atoms with van der Waals surface area (Å²) in [6.45, 7) is 6.78. The fourth-order valence-corrected chi connectivity index (χ4v) is 0.789. The average Bonchev–Trinajstić information content (AvgIpc) is 1.89. The fourth-order valence-electron chi connectivity index (χ4n) is 0.596. The Morgan fingerprint density at radius 2 is 1.50 bits per heavy atom. The maximum absolute atomic E-state index is 3.44. The van der Waals surface area contributed by atoms with Crippen LogP contribution < -0.4 is 0 Å². The second-order valence-electron chi connectivity index (χ2n) is 2.95. The van der Waals surface area contributed by atoms with Crippen molar-refractivity contribution in [1.29, 1.82) is 0 Å². The van der Waals surface area contributed by atoms with Crippen molar-refractivity contribution in [2.24, 2.45) is 5.92 Å². The standard InChI is InChI=1S/C7H17P.H3PS/c1-6(2)4-5-7(3)8;1-2/h6-7H,4-5,8H2,1-3H3;2H,1H2. The van der Waals surface area contributed by atoms with Gasteiger partial charge in [-0.25, -0.2) is 0 Å². The van der Waals surface area contributed by atoms with Crippen molar-refractivity contribution in [3.63, 3.8) is 0 Å². The largest absolute Gasteiger partial charge is 0.158 e. The van der Waals surface area contributed by atoms with Crippen LogP contribution >= 0.6 is 29.9 Å². The lowest BCUT2D eigenvalue weighted by Gasteiger charge is -2.05. The van der Waals surface area contributed by atoms with Crippen molar-refractivity contribution in [2.45, 2.75) is 39.3 Å². The Labute approximate surface area is 75.5 Å². The van der Waals surface area contributed by atoms with Crippen LogP contribution in [-0.4, -0.2) is 5.66 Å². The molecule has 0 aromatic carbocycles. The third-order valence-corrected chi connectivity index (χ3v) is 1.53. The third-order valence-electron chi connectivity index (χ3n) is 1.20. The zero-order valence-corrected chi connectivity index (χ0v) is 10.4. The smallest absolute Gasteiger partial charge is 0.0293 e. The summed E-state index contributed by atoms with van der Waals surface area (Å²) in [5.41, 5.74) is 0.803. The van der Waals surface area contributed by atoms with Crippen LogP contribution in [0.3, 0.4) is 0 Å². The molecule has 0 amide bonds. The summed E-state index contributed by atoms with van der Waals surface area (Å²) in [5.74, 6) is 0.873. The number of hydrogen-bond donors (Lipinski definition) is 1. The van der Waals surface area contributed by atoms with Gasteiger partial charge in [0, 0.05) is 0 Å². The average molecular weight is 198 g/mol. The molecule has 0 aliphatic heterocycles. The quantitative estimate of drug-likeness (QED) is 0.521. The summed E-state index contributed by atoms with van der Waals surface area (Å²) >= 11 is 3.44. The zero-order valence-electron chi connectivity index (χ0n) is 7.17. The van der Waals surface area contributed by atoms with E-state index in [1.807, 2.05) is 0 Å². The summed E-state index contributed by atoms with van der Waals surface area (Å²) < 4.78 is 0. The molecule has 0 nitrogen and oxygen atoms in total. The molecule has 0 bridgehead atoms. The highest BCUT2D eigenvalue weighted by Crippen LogP contribution is 2.11. The zero-order chi connectivity index (χ0) is 8.57. The van der Waals surface area contributed by atoms with Gasteiger partial charge in [0.15, 0.2) is 0 Å². The lowest BCUT2D eigenvalue weighted by atomic mass is 10.1. The minimum atomic E-state index is 0.803. The number of hydrogen-bond acceptors (Lipinski definition) is 1. The molecule has 3 unspecified atom stereocenters. The van der Waals surface area contributed by atoms with E-state index in [2.05, 4.69) is 50.7 Å². The summed E-state index contributed by atoms with van der Waals surface area (Å²) in [7, 11) is 4.93. The van der Waals surface area contributed by atoms with Gasteiger partial charge in [-0.05, 0) is 18.0 Å². The van der Waals surface area contributed by atoms with E-state index in [0.29, 0.717) is 0 Å². The van der Waals surface area contributed by atoms with Crippen LogP contribution in [0.5, 0.6) is 0 Å². The molecule has 0 aliphatic carbocycles. The second-order valence-corrected chi connectivity index (χ2v) is 4.09. The molecule has 0 saturated heterocycles. The lowest BCUT2D eigenvalue weighted by Crippen LogP contribution is -1.93. The van der Waals surface area contributed by atoms with Crippen molar-refractivity contribution in [1.82, 2.24) is 0 Å². The predicted molar refractivity (Wildman–Crippen MR) is 61.9 cm³/mol. The maximum Gasteiger partial charge on any atom is -0.0293 e. The fraction of sp³-hybridized carbons (Fsp3) is 1.00. The lowest BCUT2D eigenvalue weighted by molar-refractivity contribution is 0.555. The molecule has 0 rings (SSSR count). The van der Waals surface area contributed by atoms with Gasteiger partial charge in [-0.2, -0.15) is 12.2 Å². The molecule has 0 saturated carbocycles. The van der Waals surface area contributed by atoms with Crippen LogP contribution in [0.1, 0.15) is 33.6 Å². The van der Waals surface area contributed by atoms with Gasteiger partial charge >= 0.3 is 0 Å². The minimum absolute atomic E-state index is 0.803. The summed E-state index contributed by atoms with van der Waals surface area (Å²) in [6, 6.07) is 0. The second kappa shape index (κ2) is 10.2. The van der Waals surface area contributed by atoms with Crippen LogP contribution in [0.2, 0.25) is 0 Å². The van der Waals surface area contributed by atoms with Gasteiger partial charge in [0.2, 0.25) is 0 Å². The molecule has 0 radical (unpaired) electrons. The molecular formula is C7H20P2S. The molecule has 3 atom stereocenters. The molecule has 0 aromatic rings. The van der Waals surface area contributed by atoms with Crippen molar-refractivity contribution in [3.8, 4) is 0 Å². The Kier molecular flexibility index (Phi) is 14.1. The first-order valence-electron chi connectivity index (χ1n) is 3.64. The van der Waals surface area contributed by atoms with E-state index in [0.717, 1.165) is 11.6 Å². The molecule has 64 valence electrons. The first-order chi connectivity index (χ1) is 4.63. The van der Waals surface area contributed by atoms with Crippen LogP contribution in [0.4, 0.5) is 0 Å². The van der Waals surface area contributed by atoms with E-state index in [-0.39, 0.29) is 0 Å². The van der Waals surface area contributed by atoms with E-state index in [9.17, 15) is 0 Å². The molecule has 0 N–H and O–H groups in total. The maximum atomic E-state index is 3.44. The van der Waals surface area contributed by atoms with Gasteiger partial charge in [0.25, 0.3) is 0 Å². The Bertz CT molecular complexity index is 47.6. The summed E-state index contributed by atoms with van der Waals surface area (Å²) in [6.07, 6.45) is 2.72. The van der Waals surface area contributed by atoms with Gasteiger partial charge < -0.3 is 0 Å². The number of rotatable bonds is 3. The Balaban J connectivity index is 0. The Morgan fingerprint density at radius 1 is 1.10 bits per heavy atom. The Hall–Kier alpha value is 1.21. The van der Waals surface area contributed by atoms with Crippen LogP contribution in [0, 0.1) is 5.92 Å². The molecule has 0 aromatic heterocycles. The molecular weight excluding hydrogens is 178 g/mol. The van der Waals surface area contributed by atoms with Gasteiger partial charge in [-0.1, -0.05) is 35.6 Å². The molecule has 10 heavy (non-hydrogen) atoms. The monoisotopic (exact) mass is 198 g/mol. The first-order valence-corrected chi connectivity index (χ1v) is 6.37. The molecule has 0 aliphatic rings. The van der Waals surface area contributed by atoms with Gasteiger partial charge in [-0.15, -0.1) is 9.24 Å². The van der Waals surface area contributed by atoms with E-state index >= 15 is 0 Å². The third kappa shape index (κ3) is 16.1.